The third kappa shape index (κ3) is 3.75. The maximum atomic E-state index is 13.5. The first-order chi connectivity index (χ1) is 11.2. The number of likely N-dealkylation sites (tertiary alicyclic amines) is 1. The summed E-state index contributed by atoms with van der Waals surface area (Å²) < 4.78 is 24.0. The average molecular weight is 322 g/mol. The monoisotopic (exact) mass is 322 g/mol. The lowest BCUT2D eigenvalue weighted by molar-refractivity contribution is 0.146. The number of carbonyl (C=O) groups is 1. The molecule has 0 radical (unpaired) electrons. The van der Waals surface area contributed by atoms with Crippen molar-refractivity contribution in [1.82, 2.24) is 4.90 Å². The van der Waals surface area contributed by atoms with Crippen LogP contribution in [-0.4, -0.2) is 44.3 Å². The smallest absolute Gasteiger partial charge is 0.321 e. The molecule has 1 aromatic carbocycles. The van der Waals surface area contributed by atoms with Crippen LogP contribution in [0.2, 0.25) is 0 Å². The molecule has 2 unspecified atom stereocenters. The van der Waals surface area contributed by atoms with Crippen molar-refractivity contribution in [2.24, 2.45) is 11.8 Å². The molecule has 5 nitrogen and oxygen atoms in total. The third-order valence-electron chi connectivity index (χ3n) is 4.74. The summed E-state index contributed by atoms with van der Waals surface area (Å²) in [5.41, 5.74) is 0.364. The molecule has 3 rings (SSSR count). The molecule has 0 bridgehead atoms. The standard InChI is InChI=1S/C17H23FN2O3/c1-22-7-8-23-16-6-5-14(18)9-15(16)19-17(21)20-10-12-3-2-4-13(12)11-20/h5-6,9,12-13H,2-4,7-8,10-11H2,1H3,(H,19,21). The number of fused-ring (bicyclic) bond motifs is 1. The van der Waals surface area contributed by atoms with Gasteiger partial charge in [0.15, 0.2) is 0 Å². The predicted octanol–water partition coefficient (Wildman–Crippen LogP) is 3.11. The van der Waals surface area contributed by atoms with E-state index in [1.807, 2.05) is 4.90 Å². The topological polar surface area (TPSA) is 50.8 Å². The first kappa shape index (κ1) is 16.1. The zero-order chi connectivity index (χ0) is 16.2. The average Bonchev–Trinajstić information content (AvgIpc) is 3.11. The van der Waals surface area contributed by atoms with Crippen LogP contribution < -0.4 is 10.1 Å². The Hall–Kier alpha value is -1.82. The number of nitrogens with zero attached hydrogens (tertiary/aromatic N) is 1. The van der Waals surface area contributed by atoms with Gasteiger partial charge < -0.3 is 19.7 Å². The maximum absolute atomic E-state index is 13.5. The Morgan fingerprint density at radius 3 is 2.74 bits per heavy atom. The Balaban J connectivity index is 1.64. The number of hydrogen-bond acceptors (Lipinski definition) is 3. The molecule has 1 saturated heterocycles. The Morgan fingerprint density at radius 1 is 1.30 bits per heavy atom. The zero-order valence-electron chi connectivity index (χ0n) is 13.4. The molecule has 2 amide bonds. The molecule has 2 atom stereocenters. The highest BCUT2D eigenvalue weighted by Gasteiger charge is 2.38. The number of halogens is 1. The van der Waals surface area contributed by atoms with E-state index in [4.69, 9.17) is 9.47 Å². The molecular weight excluding hydrogens is 299 g/mol. The summed E-state index contributed by atoms with van der Waals surface area (Å²) in [6.45, 7) is 2.37. The van der Waals surface area contributed by atoms with Crippen LogP contribution in [0.3, 0.4) is 0 Å². The van der Waals surface area contributed by atoms with Crippen molar-refractivity contribution in [1.29, 1.82) is 0 Å². The van der Waals surface area contributed by atoms with Gasteiger partial charge in [-0.3, -0.25) is 0 Å². The van der Waals surface area contributed by atoms with Gasteiger partial charge in [0, 0.05) is 26.3 Å². The molecule has 1 saturated carbocycles. The first-order valence-electron chi connectivity index (χ1n) is 8.14. The minimum Gasteiger partial charge on any atom is -0.489 e. The van der Waals surface area contributed by atoms with Crippen molar-refractivity contribution in [2.75, 3.05) is 38.7 Å². The first-order valence-corrected chi connectivity index (χ1v) is 8.14. The second-order valence-electron chi connectivity index (χ2n) is 6.27. The number of carbonyl (C=O) groups excluding carboxylic acids is 1. The molecule has 1 aliphatic heterocycles. The van der Waals surface area contributed by atoms with E-state index in [1.165, 1.54) is 37.5 Å². The molecule has 2 aliphatic rings. The van der Waals surface area contributed by atoms with E-state index >= 15 is 0 Å². The molecule has 0 spiro atoms. The molecule has 1 N–H and O–H groups in total. The van der Waals surface area contributed by atoms with Crippen LogP contribution in [-0.2, 0) is 4.74 Å². The van der Waals surface area contributed by atoms with Crippen molar-refractivity contribution in [3.63, 3.8) is 0 Å². The van der Waals surface area contributed by atoms with Crippen LogP contribution in [0.5, 0.6) is 5.75 Å². The Morgan fingerprint density at radius 2 is 2.04 bits per heavy atom. The third-order valence-corrected chi connectivity index (χ3v) is 4.74. The van der Waals surface area contributed by atoms with Crippen LogP contribution in [0.25, 0.3) is 0 Å². The number of hydrogen-bond donors (Lipinski definition) is 1. The quantitative estimate of drug-likeness (QED) is 0.848. The van der Waals surface area contributed by atoms with Crippen LogP contribution in [0.4, 0.5) is 14.9 Å². The fraction of sp³-hybridized carbons (Fsp3) is 0.588. The molecule has 2 fully saturated rings. The molecule has 6 heteroatoms. The van der Waals surface area contributed by atoms with Crippen molar-refractivity contribution >= 4 is 11.7 Å². The van der Waals surface area contributed by atoms with Gasteiger partial charge >= 0.3 is 6.03 Å². The van der Waals surface area contributed by atoms with E-state index in [2.05, 4.69) is 5.32 Å². The van der Waals surface area contributed by atoms with Gasteiger partial charge in [0.25, 0.3) is 0 Å². The summed E-state index contributed by atoms with van der Waals surface area (Å²) in [6, 6.07) is 3.95. The fourth-order valence-corrected chi connectivity index (χ4v) is 3.56. The molecule has 126 valence electrons. The lowest BCUT2D eigenvalue weighted by atomic mass is 10.0. The Kier molecular flexibility index (Phi) is 5.00. The van der Waals surface area contributed by atoms with Crippen LogP contribution >= 0.6 is 0 Å². The van der Waals surface area contributed by atoms with Gasteiger partial charge in [0.1, 0.15) is 18.2 Å². The molecule has 0 aromatic heterocycles. The second kappa shape index (κ2) is 7.17. The summed E-state index contributed by atoms with van der Waals surface area (Å²) in [5.74, 6) is 1.31. The molecule has 23 heavy (non-hydrogen) atoms. The number of amides is 2. The van der Waals surface area contributed by atoms with Crippen molar-refractivity contribution in [3.05, 3.63) is 24.0 Å². The van der Waals surface area contributed by atoms with Gasteiger partial charge in [0.05, 0.1) is 12.3 Å². The second-order valence-corrected chi connectivity index (χ2v) is 6.27. The number of methoxy groups -OCH3 is 1. The largest absolute Gasteiger partial charge is 0.489 e. The normalized spacial score (nSPS) is 23.0. The van der Waals surface area contributed by atoms with Gasteiger partial charge in [-0.2, -0.15) is 0 Å². The summed E-state index contributed by atoms with van der Waals surface area (Å²) in [5, 5.41) is 2.79. The van der Waals surface area contributed by atoms with E-state index in [0.717, 1.165) is 13.1 Å². The van der Waals surface area contributed by atoms with Gasteiger partial charge in [-0.15, -0.1) is 0 Å². The molecule has 1 heterocycles. The van der Waals surface area contributed by atoms with Gasteiger partial charge in [-0.1, -0.05) is 6.42 Å². The Labute approximate surface area is 135 Å². The highest BCUT2D eigenvalue weighted by molar-refractivity contribution is 5.91. The number of nitrogens with one attached hydrogen (secondary N) is 1. The molecular formula is C17H23FN2O3. The predicted molar refractivity (Wildman–Crippen MR) is 85.2 cm³/mol. The Bertz CT molecular complexity index is 555. The van der Waals surface area contributed by atoms with Crippen LogP contribution in [0.1, 0.15) is 19.3 Å². The van der Waals surface area contributed by atoms with E-state index < -0.39 is 5.82 Å². The number of benzene rings is 1. The lowest BCUT2D eigenvalue weighted by Gasteiger charge is -2.19. The van der Waals surface area contributed by atoms with E-state index in [1.54, 1.807) is 7.11 Å². The van der Waals surface area contributed by atoms with Gasteiger partial charge in [-0.25, -0.2) is 9.18 Å². The zero-order valence-corrected chi connectivity index (χ0v) is 13.4. The minimum absolute atomic E-state index is 0.179. The minimum atomic E-state index is -0.405. The number of urea groups is 1. The summed E-state index contributed by atoms with van der Waals surface area (Å²) in [6.07, 6.45) is 3.69. The van der Waals surface area contributed by atoms with Crippen molar-refractivity contribution in [3.8, 4) is 5.75 Å². The van der Waals surface area contributed by atoms with E-state index in [-0.39, 0.29) is 6.03 Å². The number of anilines is 1. The summed E-state index contributed by atoms with van der Waals surface area (Å²) >= 11 is 0. The SMILES string of the molecule is COCCOc1ccc(F)cc1NC(=O)N1CC2CCCC2C1. The van der Waals surface area contributed by atoms with Crippen LogP contribution in [0, 0.1) is 17.7 Å². The van der Waals surface area contributed by atoms with Crippen molar-refractivity contribution < 1.29 is 18.7 Å². The fourth-order valence-electron chi connectivity index (χ4n) is 3.56. The highest BCUT2D eigenvalue weighted by atomic mass is 19.1. The highest BCUT2D eigenvalue weighted by Crippen LogP contribution is 2.38. The van der Waals surface area contributed by atoms with E-state index in [0.29, 0.717) is 36.5 Å². The molecule has 1 aliphatic carbocycles. The summed E-state index contributed by atoms with van der Waals surface area (Å²) in [7, 11) is 1.58. The van der Waals surface area contributed by atoms with Gasteiger partial charge in [0.2, 0.25) is 0 Å². The maximum Gasteiger partial charge on any atom is 0.321 e. The van der Waals surface area contributed by atoms with Gasteiger partial charge in [-0.05, 0) is 36.8 Å². The number of ether oxygens (including phenoxy) is 2. The molecule has 1 aromatic rings. The lowest BCUT2D eigenvalue weighted by Crippen LogP contribution is -2.33. The number of rotatable bonds is 5. The van der Waals surface area contributed by atoms with Crippen LogP contribution in [0.15, 0.2) is 18.2 Å². The summed E-state index contributed by atoms with van der Waals surface area (Å²) in [4.78, 5) is 14.3. The van der Waals surface area contributed by atoms with Crippen molar-refractivity contribution in [2.45, 2.75) is 19.3 Å². The van der Waals surface area contributed by atoms with E-state index in [9.17, 15) is 9.18 Å².